The predicted molar refractivity (Wildman–Crippen MR) is 70.1 cm³/mol. The highest BCUT2D eigenvalue weighted by atomic mass is 32.1. The number of rotatable bonds is 4. The number of carbonyl (C=O) groups is 1. The van der Waals surface area contributed by atoms with E-state index in [1.165, 1.54) is 4.70 Å². The van der Waals surface area contributed by atoms with Crippen LogP contribution in [0.2, 0.25) is 0 Å². The molecule has 2 heterocycles. The molecule has 0 spiro atoms. The number of pyridine rings is 1. The van der Waals surface area contributed by atoms with Crippen molar-refractivity contribution in [3.05, 3.63) is 29.3 Å². The van der Waals surface area contributed by atoms with Crippen LogP contribution in [0.3, 0.4) is 0 Å². The summed E-state index contributed by atoms with van der Waals surface area (Å²) in [7, 11) is 1.63. The molecule has 4 nitrogen and oxygen atoms in total. The summed E-state index contributed by atoms with van der Waals surface area (Å²) in [5.74, 6) is -0.0120. The monoisotopic (exact) mass is 249 g/mol. The highest BCUT2D eigenvalue weighted by molar-refractivity contribution is 7.17. The molecule has 0 aromatic carbocycles. The molecule has 0 bridgehead atoms. The second-order valence-corrected chi connectivity index (χ2v) is 4.80. The SMILES string of the molecule is CNC(=O)CNC(C)c1cnc2ccsc2c1. The van der Waals surface area contributed by atoms with E-state index in [0.29, 0.717) is 6.54 Å². The van der Waals surface area contributed by atoms with Crippen LogP contribution in [-0.2, 0) is 4.79 Å². The fourth-order valence-corrected chi connectivity index (χ4v) is 2.34. The molecule has 0 radical (unpaired) electrons. The van der Waals surface area contributed by atoms with Gasteiger partial charge in [0.2, 0.25) is 5.91 Å². The highest BCUT2D eigenvalue weighted by Crippen LogP contribution is 2.22. The normalized spacial score (nSPS) is 12.6. The van der Waals surface area contributed by atoms with E-state index < -0.39 is 0 Å². The number of nitrogens with one attached hydrogen (secondary N) is 2. The average molecular weight is 249 g/mol. The summed E-state index contributed by atoms with van der Waals surface area (Å²) in [6, 6.07) is 4.24. The van der Waals surface area contributed by atoms with Gasteiger partial charge < -0.3 is 10.6 Å². The van der Waals surface area contributed by atoms with Gasteiger partial charge in [0.25, 0.3) is 0 Å². The molecule has 0 saturated heterocycles. The van der Waals surface area contributed by atoms with Gasteiger partial charge in [-0.15, -0.1) is 11.3 Å². The van der Waals surface area contributed by atoms with E-state index in [4.69, 9.17) is 0 Å². The zero-order valence-corrected chi connectivity index (χ0v) is 10.7. The van der Waals surface area contributed by atoms with Gasteiger partial charge in [-0.25, -0.2) is 0 Å². The number of hydrogen-bond donors (Lipinski definition) is 2. The maximum atomic E-state index is 11.1. The Bertz CT molecular complexity index is 523. The predicted octanol–water partition coefficient (Wildman–Crippen LogP) is 1.69. The lowest BCUT2D eigenvalue weighted by Crippen LogP contribution is -2.32. The second kappa shape index (κ2) is 5.25. The van der Waals surface area contributed by atoms with Gasteiger partial charge in [-0.2, -0.15) is 0 Å². The van der Waals surface area contributed by atoms with E-state index in [9.17, 15) is 4.79 Å². The van der Waals surface area contributed by atoms with Crippen molar-refractivity contribution in [1.29, 1.82) is 0 Å². The summed E-state index contributed by atoms with van der Waals surface area (Å²) in [5, 5.41) is 7.77. The van der Waals surface area contributed by atoms with Crippen LogP contribution in [0.5, 0.6) is 0 Å². The van der Waals surface area contributed by atoms with Gasteiger partial charge in [0, 0.05) is 19.3 Å². The quantitative estimate of drug-likeness (QED) is 0.867. The molecule has 0 aliphatic heterocycles. The molecular weight excluding hydrogens is 234 g/mol. The van der Waals surface area contributed by atoms with Crippen molar-refractivity contribution in [3.63, 3.8) is 0 Å². The first-order valence-electron chi connectivity index (χ1n) is 5.48. The minimum atomic E-state index is -0.0120. The summed E-state index contributed by atoms with van der Waals surface area (Å²) < 4.78 is 1.18. The van der Waals surface area contributed by atoms with Crippen molar-refractivity contribution in [1.82, 2.24) is 15.6 Å². The lowest BCUT2D eigenvalue weighted by atomic mass is 10.1. The first kappa shape index (κ1) is 12.0. The van der Waals surface area contributed by atoms with Crippen LogP contribution >= 0.6 is 11.3 Å². The topological polar surface area (TPSA) is 54.0 Å². The number of nitrogens with zero attached hydrogens (tertiary/aromatic N) is 1. The Hall–Kier alpha value is -1.46. The molecule has 1 unspecified atom stereocenters. The third-order valence-electron chi connectivity index (χ3n) is 2.67. The van der Waals surface area contributed by atoms with Crippen LogP contribution in [0.15, 0.2) is 23.7 Å². The highest BCUT2D eigenvalue weighted by Gasteiger charge is 2.08. The maximum Gasteiger partial charge on any atom is 0.233 e. The summed E-state index contributed by atoms with van der Waals surface area (Å²) >= 11 is 1.68. The number of aromatic nitrogens is 1. The largest absolute Gasteiger partial charge is 0.358 e. The number of thiophene rings is 1. The lowest BCUT2D eigenvalue weighted by molar-refractivity contribution is -0.119. The number of fused-ring (bicyclic) bond motifs is 1. The van der Waals surface area contributed by atoms with E-state index in [0.717, 1.165) is 11.1 Å². The number of carbonyl (C=O) groups excluding carboxylic acids is 1. The maximum absolute atomic E-state index is 11.1. The van der Waals surface area contributed by atoms with E-state index >= 15 is 0 Å². The molecule has 1 amide bonds. The van der Waals surface area contributed by atoms with Crippen LogP contribution in [0.1, 0.15) is 18.5 Å². The third kappa shape index (κ3) is 2.81. The fourth-order valence-electron chi connectivity index (χ4n) is 1.55. The van der Waals surface area contributed by atoms with Crippen molar-refractivity contribution in [2.75, 3.05) is 13.6 Å². The average Bonchev–Trinajstić information content (AvgIpc) is 2.82. The van der Waals surface area contributed by atoms with Crippen LogP contribution in [0.4, 0.5) is 0 Å². The van der Waals surface area contributed by atoms with Crippen molar-refractivity contribution in [2.45, 2.75) is 13.0 Å². The summed E-state index contributed by atoms with van der Waals surface area (Å²) in [4.78, 5) is 15.5. The first-order chi connectivity index (χ1) is 8.20. The van der Waals surface area contributed by atoms with Gasteiger partial charge in [0.1, 0.15) is 0 Å². The van der Waals surface area contributed by atoms with Crippen molar-refractivity contribution >= 4 is 27.5 Å². The van der Waals surface area contributed by atoms with Gasteiger partial charge in [0.05, 0.1) is 16.8 Å². The second-order valence-electron chi connectivity index (χ2n) is 3.85. The van der Waals surface area contributed by atoms with Crippen LogP contribution in [-0.4, -0.2) is 24.5 Å². The Morgan fingerprint density at radius 1 is 1.59 bits per heavy atom. The van der Waals surface area contributed by atoms with Crippen LogP contribution in [0.25, 0.3) is 10.2 Å². The molecule has 5 heteroatoms. The molecule has 0 aliphatic carbocycles. The zero-order valence-electron chi connectivity index (χ0n) is 9.86. The van der Waals surface area contributed by atoms with E-state index in [-0.39, 0.29) is 11.9 Å². The molecule has 2 rings (SSSR count). The van der Waals surface area contributed by atoms with Gasteiger partial charge in [-0.3, -0.25) is 9.78 Å². The molecule has 17 heavy (non-hydrogen) atoms. The third-order valence-corrected chi connectivity index (χ3v) is 3.52. The molecule has 0 fully saturated rings. The zero-order chi connectivity index (χ0) is 12.3. The smallest absolute Gasteiger partial charge is 0.233 e. The van der Waals surface area contributed by atoms with Gasteiger partial charge >= 0.3 is 0 Å². The van der Waals surface area contributed by atoms with Gasteiger partial charge in [-0.05, 0) is 30.0 Å². The van der Waals surface area contributed by atoms with Crippen molar-refractivity contribution < 1.29 is 4.79 Å². The molecule has 2 N–H and O–H groups in total. The molecule has 0 aliphatic rings. The minimum Gasteiger partial charge on any atom is -0.358 e. The number of hydrogen-bond acceptors (Lipinski definition) is 4. The first-order valence-corrected chi connectivity index (χ1v) is 6.36. The van der Waals surface area contributed by atoms with Crippen molar-refractivity contribution in [2.24, 2.45) is 0 Å². The molecule has 0 saturated carbocycles. The van der Waals surface area contributed by atoms with E-state index in [2.05, 4.69) is 21.7 Å². The number of likely N-dealkylation sites (N-methyl/N-ethyl adjacent to an activating group) is 1. The number of amides is 1. The fraction of sp³-hybridized carbons (Fsp3) is 0.333. The molecule has 1 atom stereocenters. The Morgan fingerprint density at radius 3 is 3.18 bits per heavy atom. The molecule has 2 aromatic rings. The summed E-state index contributed by atoms with van der Waals surface area (Å²) in [6.07, 6.45) is 1.86. The molecular formula is C12H15N3OS. The lowest BCUT2D eigenvalue weighted by Gasteiger charge is -2.13. The Labute approximate surface area is 104 Å². The summed E-state index contributed by atoms with van der Waals surface area (Å²) in [6.45, 7) is 2.35. The van der Waals surface area contributed by atoms with E-state index in [1.54, 1.807) is 18.4 Å². The Kier molecular flexibility index (Phi) is 3.71. The standard InChI is InChI=1S/C12H15N3OS/c1-8(14-7-12(16)13-2)9-5-11-10(15-6-9)3-4-17-11/h3-6,8,14H,7H2,1-2H3,(H,13,16). The summed E-state index contributed by atoms with van der Waals surface area (Å²) in [5.41, 5.74) is 2.13. The van der Waals surface area contributed by atoms with Gasteiger partial charge in [0.15, 0.2) is 0 Å². The Morgan fingerprint density at radius 2 is 2.41 bits per heavy atom. The van der Waals surface area contributed by atoms with Crippen LogP contribution in [0, 0.1) is 0 Å². The molecule has 90 valence electrons. The minimum absolute atomic E-state index is 0.0120. The Balaban J connectivity index is 2.07. The van der Waals surface area contributed by atoms with Crippen LogP contribution < -0.4 is 10.6 Å². The van der Waals surface area contributed by atoms with Gasteiger partial charge in [-0.1, -0.05) is 0 Å². The molecule has 2 aromatic heterocycles. The van der Waals surface area contributed by atoms with E-state index in [1.807, 2.05) is 24.6 Å². The van der Waals surface area contributed by atoms with Crippen molar-refractivity contribution in [3.8, 4) is 0 Å².